The molecule has 0 saturated heterocycles. The zero-order valence-electron chi connectivity index (χ0n) is 18.6. The Kier molecular flexibility index (Phi) is 8.75. The van der Waals surface area contributed by atoms with Gasteiger partial charge in [-0.2, -0.15) is 0 Å². The summed E-state index contributed by atoms with van der Waals surface area (Å²) < 4.78 is 5.20. The van der Waals surface area contributed by atoms with Crippen molar-refractivity contribution in [2.75, 3.05) is 14.2 Å². The Morgan fingerprint density at radius 2 is 1.55 bits per heavy atom. The monoisotopic (exact) mass is 484 g/mol. The van der Waals surface area contributed by atoms with Crippen molar-refractivity contribution in [3.63, 3.8) is 0 Å². The van der Waals surface area contributed by atoms with Crippen molar-refractivity contribution >= 4 is 35.0 Å². The molecule has 0 aliphatic carbocycles. The molecule has 1 unspecified atom stereocenters. The number of hydrogen-bond acceptors (Lipinski definition) is 3. The standard InChI is InChI=1S/C26H26Cl2N2O3/c1-29-26(32)24(15-18-7-4-3-5-8-18)30(17-21-22(27)9-6-10-23(21)28)25(31)16-19-11-13-20(33-2)14-12-19/h3-14,24H,15-17H2,1-2H3,(H,29,32). The average molecular weight is 485 g/mol. The van der Waals surface area contributed by atoms with Crippen molar-refractivity contribution in [3.05, 3.63) is 99.5 Å². The number of carbonyl (C=O) groups is 2. The molecule has 0 heterocycles. The molecule has 5 nitrogen and oxygen atoms in total. The van der Waals surface area contributed by atoms with Crippen LogP contribution in [-0.2, 0) is 29.0 Å². The number of methoxy groups -OCH3 is 1. The van der Waals surface area contributed by atoms with Gasteiger partial charge in [-0.1, -0.05) is 71.7 Å². The molecule has 0 bridgehead atoms. The number of ether oxygens (including phenoxy) is 1. The highest BCUT2D eigenvalue weighted by molar-refractivity contribution is 6.36. The summed E-state index contributed by atoms with van der Waals surface area (Å²) in [6.07, 6.45) is 0.477. The number of nitrogens with one attached hydrogen (secondary N) is 1. The minimum atomic E-state index is -0.740. The molecule has 2 amide bonds. The van der Waals surface area contributed by atoms with Crippen LogP contribution in [0.15, 0.2) is 72.8 Å². The van der Waals surface area contributed by atoms with Gasteiger partial charge in [0.05, 0.1) is 13.5 Å². The van der Waals surface area contributed by atoms with Crippen LogP contribution in [0, 0.1) is 0 Å². The minimum Gasteiger partial charge on any atom is -0.497 e. The summed E-state index contributed by atoms with van der Waals surface area (Å²) in [5.41, 5.74) is 2.36. The Balaban J connectivity index is 1.97. The van der Waals surface area contributed by atoms with E-state index in [1.54, 1.807) is 49.4 Å². The fourth-order valence-electron chi connectivity index (χ4n) is 3.59. The fraction of sp³-hybridized carbons (Fsp3) is 0.231. The van der Waals surface area contributed by atoms with Crippen molar-refractivity contribution in [1.82, 2.24) is 10.2 Å². The van der Waals surface area contributed by atoms with Gasteiger partial charge >= 0.3 is 0 Å². The van der Waals surface area contributed by atoms with Gasteiger partial charge in [0.25, 0.3) is 0 Å². The summed E-state index contributed by atoms with van der Waals surface area (Å²) in [5, 5.41) is 3.59. The van der Waals surface area contributed by atoms with E-state index >= 15 is 0 Å². The van der Waals surface area contributed by atoms with Crippen LogP contribution in [0.1, 0.15) is 16.7 Å². The van der Waals surface area contributed by atoms with Gasteiger partial charge in [0, 0.05) is 35.6 Å². The summed E-state index contributed by atoms with van der Waals surface area (Å²) in [6.45, 7) is 0.110. The molecule has 0 fully saturated rings. The second-order valence-electron chi connectivity index (χ2n) is 7.57. The predicted molar refractivity (Wildman–Crippen MR) is 132 cm³/mol. The van der Waals surface area contributed by atoms with E-state index in [-0.39, 0.29) is 24.8 Å². The van der Waals surface area contributed by atoms with Crippen molar-refractivity contribution in [3.8, 4) is 5.75 Å². The molecule has 3 aromatic carbocycles. The van der Waals surface area contributed by atoms with Gasteiger partial charge in [-0.3, -0.25) is 9.59 Å². The first-order valence-electron chi connectivity index (χ1n) is 10.5. The van der Waals surface area contributed by atoms with Gasteiger partial charge in [0.15, 0.2) is 0 Å². The topological polar surface area (TPSA) is 58.6 Å². The minimum absolute atomic E-state index is 0.110. The lowest BCUT2D eigenvalue weighted by Crippen LogP contribution is -2.50. The summed E-state index contributed by atoms with van der Waals surface area (Å²) in [6, 6.07) is 21.3. The lowest BCUT2D eigenvalue weighted by atomic mass is 10.0. The normalized spacial score (nSPS) is 11.5. The van der Waals surface area contributed by atoms with Gasteiger partial charge in [0.1, 0.15) is 11.8 Å². The number of halogens is 2. The van der Waals surface area contributed by atoms with Crippen LogP contribution in [0.3, 0.4) is 0 Å². The van der Waals surface area contributed by atoms with Crippen LogP contribution in [-0.4, -0.2) is 36.9 Å². The molecule has 0 aromatic heterocycles. The van der Waals surface area contributed by atoms with E-state index in [0.717, 1.165) is 11.1 Å². The van der Waals surface area contributed by atoms with Crippen LogP contribution in [0.2, 0.25) is 10.0 Å². The summed E-state index contributed by atoms with van der Waals surface area (Å²) in [7, 11) is 3.15. The highest BCUT2D eigenvalue weighted by Crippen LogP contribution is 2.27. The summed E-state index contributed by atoms with van der Waals surface area (Å²) in [5.74, 6) is 0.240. The van der Waals surface area contributed by atoms with E-state index in [9.17, 15) is 9.59 Å². The Bertz CT molecular complexity index is 1070. The zero-order valence-corrected chi connectivity index (χ0v) is 20.1. The molecule has 3 rings (SSSR count). The number of nitrogens with zero attached hydrogens (tertiary/aromatic N) is 1. The van der Waals surface area contributed by atoms with E-state index in [1.807, 2.05) is 42.5 Å². The first kappa shape index (κ1) is 24.6. The maximum Gasteiger partial charge on any atom is 0.242 e. The van der Waals surface area contributed by atoms with Crippen molar-refractivity contribution in [2.24, 2.45) is 0 Å². The van der Waals surface area contributed by atoms with Crippen LogP contribution in [0.4, 0.5) is 0 Å². The number of rotatable bonds is 9. The zero-order chi connectivity index (χ0) is 23.8. The van der Waals surface area contributed by atoms with Crippen LogP contribution >= 0.6 is 23.2 Å². The second-order valence-corrected chi connectivity index (χ2v) is 8.38. The smallest absolute Gasteiger partial charge is 0.242 e. The number of benzene rings is 3. The van der Waals surface area contributed by atoms with E-state index in [0.29, 0.717) is 27.8 Å². The maximum atomic E-state index is 13.6. The lowest BCUT2D eigenvalue weighted by molar-refractivity contribution is -0.140. The first-order valence-corrected chi connectivity index (χ1v) is 11.3. The Labute approximate surface area is 204 Å². The number of hydrogen-bond donors (Lipinski definition) is 1. The molecule has 0 aliphatic heterocycles. The maximum absolute atomic E-state index is 13.6. The molecule has 1 atom stereocenters. The molecule has 0 spiro atoms. The SMILES string of the molecule is CNC(=O)C(Cc1ccccc1)N(Cc1c(Cl)cccc1Cl)C(=O)Cc1ccc(OC)cc1. The molecule has 33 heavy (non-hydrogen) atoms. The third kappa shape index (κ3) is 6.50. The van der Waals surface area contributed by atoms with Gasteiger partial charge in [-0.15, -0.1) is 0 Å². The molecule has 3 aromatic rings. The lowest BCUT2D eigenvalue weighted by Gasteiger charge is -2.32. The molecule has 7 heteroatoms. The second kappa shape index (κ2) is 11.7. The van der Waals surface area contributed by atoms with Crippen LogP contribution < -0.4 is 10.1 Å². The molecular weight excluding hydrogens is 459 g/mol. The first-order chi connectivity index (χ1) is 15.9. The van der Waals surface area contributed by atoms with E-state index in [1.165, 1.54) is 0 Å². The largest absolute Gasteiger partial charge is 0.497 e. The average Bonchev–Trinajstić information content (AvgIpc) is 2.83. The molecular formula is C26H26Cl2N2O3. The Morgan fingerprint density at radius 3 is 2.12 bits per heavy atom. The summed E-state index contributed by atoms with van der Waals surface area (Å²) >= 11 is 12.8. The van der Waals surface area contributed by atoms with Crippen molar-refractivity contribution in [2.45, 2.75) is 25.4 Å². The Hall–Kier alpha value is -3.02. The number of amides is 2. The van der Waals surface area contributed by atoms with E-state index in [4.69, 9.17) is 27.9 Å². The number of carbonyl (C=O) groups excluding carboxylic acids is 2. The molecule has 0 radical (unpaired) electrons. The molecule has 172 valence electrons. The number of likely N-dealkylation sites (N-methyl/N-ethyl adjacent to an activating group) is 1. The highest BCUT2D eigenvalue weighted by atomic mass is 35.5. The fourth-order valence-corrected chi connectivity index (χ4v) is 4.11. The van der Waals surface area contributed by atoms with Gasteiger partial charge in [-0.25, -0.2) is 0 Å². The van der Waals surface area contributed by atoms with Crippen molar-refractivity contribution in [1.29, 1.82) is 0 Å². The van der Waals surface area contributed by atoms with Gasteiger partial charge < -0.3 is 15.0 Å². The van der Waals surface area contributed by atoms with Crippen molar-refractivity contribution < 1.29 is 14.3 Å². The van der Waals surface area contributed by atoms with Crippen LogP contribution in [0.25, 0.3) is 0 Å². The quantitative estimate of drug-likeness (QED) is 0.468. The van der Waals surface area contributed by atoms with E-state index in [2.05, 4.69) is 5.32 Å². The molecule has 0 aliphatic rings. The predicted octanol–water partition coefficient (Wildman–Crippen LogP) is 4.93. The highest BCUT2D eigenvalue weighted by Gasteiger charge is 2.30. The molecule has 1 N–H and O–H groups in total. The summed E-state index contributed by atoms with van der Waals surface area (Å²) in [4.78, 5) is 28.1. The molecule has 0 saturated carbocycles. The third-order valence-electron chi connectivity index (χ3n) is 5.42. The van der Waals surface area contributed by atoms with Gasteiger partial charge in [0.2, 0.25) is 11.8 Å². The van der Waals surface area contributed by atoms with Crippen LogP contribution in [0.5, 0.6) is 5.75 Å². The van der Waals surface area contributed by atoms with E-state index < -0.39 is 6.04 Å². The third-order valence-corrected chi connectivity index (χ3v) is 6.13. The Morgan fingerprint density at radius 1 is 0.909 bits per heavy atom. The van der Waals surface area contributed by atoms with Gasteiger partial charge in [-0.05, 0) is 35.4 Å².